The van der Waals surface area contributed by atoms with Crippen LogP contribution in [-0.4, -0.2) is 74.4 Å². The SMILES string of the molecule is CC1(C)CCC(=O)N1CCN1C2CC1CN(Cc1nc3c(Cl)cc(F)cc3[nH]1)C2. The molecule has 4 aliphatic heterocycles. The number of halogens is 2. The lowest BCUT2D eigenvalue weighted by molar-refractivity contribution is -0.132. The Morgan fingerprint density at radius 2 is 2.03 bits per heavy atom. The normalized spacial score (nSPS) is 27.0. The van der Waals surface area contributed by atoms with E-state index in [0.717, 1.165) is 38.4 Å². The Hall–Kier alpha value is -1.70. The fourth-order valence-electron chi connectivity index (χ4n) is 5.31. The van der Waals surface area contributed by atoms with Gasteiger partial charge in [0.05, 0.1) is 17.1 Å². The van der Waals surface area contributed by atoms with Gasteiger partial charge in [-0.3, -0.25) is 14.6 Å². The number of aromatic nitrogens is 2. The molecule has 4 aliphatic rings. The molecule has 0 radical (unpaired) electrons. The van der Waals surface area contributed by atoms with Gasteiger partial charge in [0.15, 0.2) is 0 Å². The molecule has 0 spiro atoms. The number of benzene rings is 1. The molecule has 8 heteroatoms. The van der Waals surface area contributed by atoms with Crippen LogP contribution < -0.4 is 0 Å². The van der Waals surface area contributed by atoms with Crippen LogP contribution in [0.5, 0.6) is 0 Å². The van der Waals surface area contributed by atoms with Crippen molar-refractivity contribution in [3.05, 3.63) is 28.8 Å². The van der Waals surface area contributed by atoms with Crippen LogP contribution in [-0.2, 0) is 11.3 Å². The van der Waals surface area contributed by atoms with Gasteiger partial charge in [-0.05, 0) is 38.8 Å². The maximum atomic E-state index is 13.5. The summed E-state index contributed by atoms with van der Waals surface area (Å²) in [7, 11) is 0. The molecule has 2 unspecified atom stereocenters. The van der Waals surface area contributed by atoms with Gasteiger partial charge in [-0.25, -0.2) is 9.37 Å². The van der Waals surface area contributed by atoms with Crippen molar-refractivity contribution in [2.75, 3.05) is 26.2 Å². The number of likely N-dealkylation sites (tertiary alicyclic amines) is 1. The molecule has 6 rings (SSSR count). The van der Waals surface area contributed by atoms with Gasteiger partial charge in [-0.2, -0.15) is 0 Å². The Morgan fingerprint density at radius 3 is 2.72 bits per heavy atom. The van der Waals surface area contributed by atoms with E-state index in [1.54, 1.807) is 0 Å². The number of aromatic amines is 1. The highest BCUT2D eigenvalue weighted by molar-refractivity contribution is 6.34. The zero-order valence-corrected chi connectivity index (χ0v) is 17.7. The first-order valence-electron chi connectivity index (χ1n) is 10.4. The molecule has 2 bridgehead atoms. The minimum atomic E-state index is -0.354. The maximum Gasteiger partial charge on any atom is 0.223 e. The van der Waals surface area contributed by atoms with E-state index in [-0.39, 0.29) is 11.4 Å². The number of imidazole rings is 1. The van der Waals surface area contributed by atoms with Crippen molar-refractivity contribution in [2.24, 2.45) is 0 Å². The monoisotopic (exact) mass is 419 g/mol. The van der Waals surface area contributed by atoms with Gasteiger partial charge in [-0.15, -0.1) is 0 Å². The summed E-state index contributed by atoms with van der Waals surface area (Å²) >= 11 is 6.12. The third-order valence-electron chi connectivity index (χ3n) is 6.91. The molecule has 4 saturated heterocycles. The van der Waals surface area contributed by atoms with Crippen molar-refractivity contribution < 1.29 is 9.18 Å². The molecule has 0 aliphatic carbocycles. The van der Waals surface area contributed by atoms with Crippen LogP contribution in [0.4, 0.5) is 4.39 Å². The van der Waals surface area contributed by atoms with Crippen LogP contribution in [0.3, 0.4) is 0 Å². The quantitative estimate of drug-likeness (QED) is 0.809. The lowest BCUT2D eigenvalue weighted by Crippen LogP contribution is -2.69. The lowest BCUT2D eigenvalue weighted by atomic mass is 9.87. The average molecular weight is 420 g/mol. The molecule has 0 saturated carbocycles. The number of piperazine rings is 1. The third kappa shape index (κ3) is 3.43. The fourth-order valence-corrected chi connectivity index (χ4v) is 5.56. The van der Waals surface area contributed by atoms with E-state index in [2.05, 4.69) is 38.5 Å². The molecule has 1 N–H and O–H groups in total. The van der Waals surface area contributed by atoms with Gasteiger partial charge in [0.2, 0.25) is 5.91 Å². The average Bonchev–Trinajstić information content (AvgIpc) is 3.16. The molecule has 4 fully saturated rings. The first-order valence-corrected chi connectivity index (χ1v) is 10.8. The molecule has 5 heterocycles. The Labute approximate surface area is 175 Å². The Bertz CT molecular complexity index is 948. The predicted octanol–water partition coefficient (Wildman–Crippen LogP) is 3.01. The molecule has 1 aromatic carbocycles. The molecular weight excluding hydrogens is 393 g/mol. The molecule has 2 aromatic rings. The second kappa shape index (κ2) is 6.93. The Kier molecular flexibility index (Phi) is 4.60. The number of amides is 1. The first kappa shape index (κ1) is 19.3. The highest BCUT2D eigenvalue weighted by Crippen LogP contribution is 2.34. The lowest BCUT2D eigenvalue weighted by Gasteiger charge is -2.57. The number of fused-ring (bicyclic) bond motifs is 3. The number of H-pyrrole nitrogens is 1. The number of hydrogen-bond acceptors (Lipinski definition) is 4. The second-order valence-electron chi connectivity index (χ2n) is 9.30. The second-order valence-corrected chi connectivity index (χ2v) is 9.71. The van der Waals surface area contributed by atoms with E-state index in [1.807, 2.05) is 0 Å². The zero-order chi connectivity index (χ0) is 20.3. The number of carbonyl (C=O) groups excluding carboxylic acids is 1. The van der Waals surface area contributed by atoms with Gasteiger partial charge >= 0.3 is 0 Å². The van der Waals surface area contributed by atoms with E-state index < -0.39 is 0 Å². The summed E-state index contributed by atoms with van der Waals surface area (Å²) in [6.45, 7) is 8.82. The van der Waals surface area contributed by atoms with Crippen LogP contribution in [0.15, 0.2) is 12.1 Å². The number of rotatable bonds is 5. The van der Waals surface area contributed by atoms with Gasteiger partial charge in [-0.1, -0.05) is 11.6 Å². The topological polar surface area (TPSA) is 55.5 Å². The highest BCUT2D eigenvalue weighted by Gasteiger charge is 2.45. The Balaban J connectivity index is 1.19. The van der Waals surface area contributed by atoms with Crippen molar-refractivity contribution in [1.82, 2.24) is 24.7 Å². The number of piperidine rings is 1. The molecular formula is C21H27ClFN5O. The van der Waals surface area contributed by atoms with Crippen LogP contribution in [0.25, 0.3) is 11.0 Å². The summed E-state index contributed by atoms with van der Waals surface area (Å²) < 4.78 is 13.5. The van der Waals surface area contributed by atoms with Crippen molar-refractivity contribution in [2.45, 2.75) is 57.3 Å². The van der Waals surface area contributed by atoms with Gasteiger partial charge in [0.1, 0.15) is 17.2 Å². The van der Waals surface area contributed by atoms with E-state index in [0.29, 0.717) is 47.0 Å². The van der Waals surface area contributed by atoms with Crippen molar-refractivity contribution in [1.29, 1.82) is 0 Å². The molecule has 1 aromatic heterocycles. The standard InChI is InChI=1S/C21H27ClFN5O/c1-21(2)4-3-19(29)28(21)6-5-27-14-9-15(27)11-26(10-14)12-18-24-17-8-13(23)7-16(22)20(17)25-18/h7-8,14-15H,3-6,9-12H2,1-2H3,(H,24,25). The Morgan fingerprint density at radius 1 is 1.28 bits per heavy atom. The van der Waals surface area contributed by atoms with Crippen molar-refractivity contribution >= 4 is 28.5 Å². The molecule has 1 amide bonds. The molecule has 6 nitrogen and oxygen atoms in total. The number of nitrogens with one attached hydrogen (secondary N) is 1. The van der Waals surface area contributed by atoms with Gasteiger partial charge in [0, 0.05) is 50.2 Å². The fraction of sp³-hybridized carbons (Fsp3) is 0.619. The van der Waals surface area contributed by atoms with Crippen LogP contribution in [0.2, 0.25) is 5.02 Å². The first-order chi connectivity index (χ1) is 13.8. The van der Waals surface area contributed by atoms with E-state index in [4.69, 9.17) is 11.6 Å². The predicted molar refractivity (Wildman–Crippen MR) is 110 cm³/mol. The summed E-state index contributed by atoms with van der Waals surface area (Å²) in [5.74, 6) is 0.763. The summed E-state index contributed by atoms with van der Waals surface area (Å²) in [4.78, 5) is 27.0. The van der Waals surface area contributed by atoms with Crippen LogP contribution >= 0.6 is 11.6 Å². The summed E-state index contributed by atoms with van der Waals surface area (Å²) in [6, 6.07) is 3.82. The van der Waals surface area contributed by atoms with E-state index in [1.165, 1.54) is 18.6 Å². The summed E-state index contributed by atoms with van der Waals surface area (Å²) in [5.41, 5.74) is 1.27. The van der Waals surface area contributed by atoms with E-state index >= 15 is 0 Å². The van der Waals surface area contributed by atoms with Crippen molar-refractivity contribution in [3.63, 3.8) is 0 Å². The zero-order valence-electron chi connectivity index (χ0n) is 16.9. The summed E-state index contributed by atoms with van der Waals surface area (Å²) in [5, 5.41) is 0.342. The van der Waals surface area contributed by atoms with Crippen LogP contribution in [0.1, 0.15) is 38.9 Å². The maximum absolute atomic E-state index is 13.5. The summed E-state index contributed by atoms with van der Waals surface area (Å²) in [6.07, 6.45) is 2.86. The molecule has 156 valence electrons. The molecule has 29 heavy (non-hydrogen) atoms. The van der Waals surface area contributed by atoms with Crippen LogP contribution in [0, 0.1) is 5.82 Å². The smallest absolute Gasteiger partial charge is 0.223 e. The molecule has 2 atom stereocenters. The largest absolute Gasteiger partial charge is 0.341 e. The number of hydrogen-bond donors (Lipinski definition) is 1. The third-order valence-corrected chi connectivity index (χ3v) is 7.20. The van der Waals surface area contributed by atoms with Gasteiger partial charge in [0.25, 0.3) is 0 Å². The van der Waals surface area contributed by atoms with E-state index in [9.17, 15) is 9.18 Å². The number of carbonyl (C=O) groups is 1. The minimum Gasteiger partial charge on any atom is -0.341 e. The van der Waals surface area contributed by atoms with Gasteiger partial charge < -0.3 is 9.88 Å². The van der Waals surface area contributed by atoms with Crippen molar-refractivity contribution in [3.8, 4) is 0 Å². The highest BCUT2D eigenvalue weighted by atomic mass is 35.5. The number of nitrogens with zero attached hydrogens (tertiary/aromatic N) is 4. The minimum absolute atomic E-state index is 0.00879.